The van der Waals surface area contributed by atoms with E-state index in [4.69, 9.17) is 0 Å². The number of carbonyl (C=O) groups excluding carboxylic acids is 1. The fourth-order valence-corrected chi connectivity index (χ4v) is 2.78. The number of carboxylic acid groups (broad SMARTS) is 1. The Labute approximate surface area is 115 Å². The zero-order valence-electron chi connectivity index (χ0n) is 12.1. The molecule has 1 aliphatic carbocycles. The summed E-state index contributed by atoms with van der Waals surface area (Å²) < 4.78 is 0. The SMILES string of the molecule is CCN(CC)CCNC(=O)CC1(C(=O)O)CCCC1. The Hall–Kier alpha value is -1.10. The highest BCUT2D eigenvalue weighted by Crippen LogP contribution is 2.41. The van der Waals surface area contributed by atoms with Crippen molar-refractivity contribution in [1.29, 1.82) is 0 Å². The standard InChI is InChI=1S/C14H26N2O3/c1-3-16(4-2)10-9-15-12(17)11-14(13(18)19)7-5-6-8-14/h3-11H2,1-2H3,(H,15,17)(H,18,19). The quantitative estimate of drug-likeness (QED) is 0.701. The van der Waals surface area contributed by atoms with Crippen molar-refractivity contribution in [3.8, 4) is 0 Å². The van der Waals surface area contributed by atoms with Crippen molar-refractivity contribution in [3.63, 3.8) is 0 Å². The van der Waals surface area contributed by atoms with Gasteiger partial charge < -0.3 is 15.3 Å². The molecule has 0 aromatic rings. The van der Waals surface area contributed by atoms with E-state index in [1.807, 2.05) is 0 Å². The normalized spacial score (nSPS) is 17.6. The van der Waals surface area contributed by atoms with Gasteiger partial charge in [-0.3, -0.25) is 9.59 Å². The molecule has 1 rings (SSSR count). The molecule has 0 radical (unpaired) electrons. The number of likely N-dealkylation sites (N-methyl/N-ethyl adjacent to an activating group) is 1. The third kappa shape index (κ3) is 4.49. The van der Waals surface area contributed by atoms with Crippen molar-refractivity contribution in [2.24, 2.45) is 5.41 Å². The summed E-state index contributed by atoms with van der Waals surface area (Å²) >= 11 is 0. The van der Waals surface area contributed by atoms with Gasteiger partial charge in [0.05, 0.1) is 5.41 Å². The molecule has 1 fully saturated rings. The maximum absolute atomic E-state index is 11.9. The van der Waals surface area contributed by atoms with E-state index < -0.39 is 11.4 Å². The van der Waals surface area contributed by atoms with Crippen LogP contribution in [0.25, 0.3) is 0 Å². The van der Waals surface area contributed by atoms with Gasteiger partial charge in [0.2, 0.25) is 5.91 Å². The molecule has 19 heavy (non-hydrogen) atoms. The first-order valence-corrected chi connectivity index (χ1v) is 7.26. The van der Waals surface area contributed by atoms with E-state index >= 15 is 0 Å². The number of nitrogens with one attached hydrogen (secondary N) is 1. The molecule has 0 aliphatic heterocycles. The number of aliphatic carboxylic acids is 1. The van der Waals surface area contributed by atoms with Crippen LogP contribution in [0, 0.1) is 5.41 Å². The minimum absolute atomic E-state index is 0.126. The molecule has 0 spiro atoms. The lowest BCUT2D eigenvalue weighted by molar-refractivity contribution is -0.151. The van der Waals surface area contributed by atoms with Crippen LogP contribution in [0.15, 0.2) is 0 Å². The van der Waals surface area contributed by atoms with Gasteiger partial charge in [0, 0.05) is 19.5 Å². The largest absolute Gasteiger partial charge is 0.481 e. The van der Waals surface area contributed by atoms with Gasteiger partial charge in [-0.2, -0.15) is 0 Å². The minimum Gasteiger partial charge on any atom is -0.481 e. The minimum atomic E-state index is -0.816. The van der Waals surface area contributed by atoms with E-state index in [1.54, 1.807) is 0 Å². The third-order valence-electron chi connectivity index (χ3n) is 4.16. The number of carbonyl (C=O) groups is 2. The Morgan fingerprint density at radius 3 is 2.26 bits per heavy atom. The Kier molecular flexibility index (Phi) is 6.28. The average molecular weight is 270 g/mol. The molecule has 0 unspecified atom stereocenters. The van der Waals surface area contributed by atoms with Crippen LogP contribution in [-0.4, -0.2) is 48.1 Å². The lowest BCUT2D eigenvalue weighted by atomic mass is 9.82. The van der Waals surface area contributed by atoms with E-state index in [2.05, 4.69) is 24.1 Å². The van der Waals surface area contributed by atoms with Gasteiger partial charge in [-0.1, -0.05) is 26.7 Å². The molecule has 0 heterocycles. The Morgan fingerprint density at radius 2 is 1.79 bits per heavy atom. The lowest BCUT2D eigenvalue weighted by Crippen LogP contribution is -2.39. The predicted molar refractivity (Wildman–Crippen MR) is 74.0 cm³/mol. The molecular formula is C14H26N2O3. The zero-order valence-corrected chi connectivity index (χ0v) is 12.1. The number of hydrogen-bond donors (Lipinski definition) is 2. The molecule has 1 amide bonds. The summed E-state index contributed by atoms with van der Waals surface area (Å²) in [4.78, 5) is 25.4. The maximum Gasteiger partial charge on any atom is 0.310 e. The van der Waals surface area contributed by atoms with Gasteiger partial charge in [0.25, 0.3) is 0 Å². The molecule has 110 valence electrons. The predicted octanol–water partition coefficient (Wildman–Crippen LogP) is 1.48. The van der Waals surface area contributed by atoms with Crippen LogP contribution in [-0.2, 0) is 9.59 Å². The molecule has 0 aromatic carbocycles. The van der Waals surface area contributed by atoms with Crippen molar-refractivity contribution in [2.45, 2.75) is 46.0 Å². The zero-order chi connectivity index (χ0) is 14.3. The smallest absolute Gasteiger partial charge is 0.310 e. The van der Waals surface area contributed by atoms with Crippen molar-refractivity contribution in [3.05, 3.63) is 0 Å². The van der Waals surface area contributed by atoms with E-state index in [9.17, 15) is 14.7 Å². The van der Waals surface area contributed by atoms with Gasteiger partial charge >= 0.3 is 5.97 Å². The molecule has 1 saturated carbocycles. The van der Waals surface area contributed by atoms with Gasteiger partial charge in [-0.05, 0) is 25.9 Å². The summed E-state index contributed by atoms with van der Waals surface area (Å²) in [6.07, 6.45) is 3.22. The molecule has 0 atom stereocenters. The molecule has 0 saturated heterocycles. The molecule has 0 aromatic heterocycles. The van der Waals surface area contributed by atoms with Crippen LogP contribution in [0.3, 0.4) is 0 Å². The highest BCUT2D eigenvalue weighted by atomic mass is 16.4. The van der Waals surface area contributed by atoms with Crippen molar-refractivity contribution < 1.29 is 14.7 Å². The number of nitrogens with zero attached hydrogens (tertiary/aromatic N) is 1. The highest BCUT2D eigenvalue weighted by molar-refractivity contribution is 5.85. The van der Waals surface area contributed by atoms with E-state index in [-0.39, 0.29) is 12.3 Å². The van der Waals surface area contributed by atoms with Gasteiger partial charge in [-0.25, -0.2) is 0 Å². The van der Waals surface area contributed by atoms with Crippen LogP contribution in [0.1, 0.15) is 46.0 Å². The fourth-order valence-electron chi connectivity index (χ4n) is 2.78. The first-order valence-electron chi connectivity index (χ1n) is 7.26. The summed E-state index contributed by atoms with van der Waals surface area (Å²) in [5, 5.41) is 12.2. The Bertz CT molecular complexity index is 308. The molecule has 5 nitrogen and oxygen atoms in total. The van der Waals surface area contributed by atoms with Gasteiger partial charge in [0.1, 0.15) is 0 Å². The van der Waals surface area contributed by atoms with Crippen LogP contribution in [0.5, 0.6) is 0 Å². The van der Waals surface area contributed by atoms with Gasteiger partial charge in [-0.15, -0.1) is 0 Å². The number of amides is 1. The molecule has 0 bridgehead atoms. The van der Waals surface area contributed by atoms with Crippen molar-refractivity contribution >= 4 is 11.9 Å². The number of rotatable bonds is 8. The van der Waals surface area contributed by atoms with Gasteiger partial charge in [0.15, 0.2) is 0 Å². The summed E-state index contributed by atoms with van der Waals surface area (Å²) in [6, 6.07) is 0. The molecular weight excluding hydrogens is 244 g/mol. The summed E-state index contributed by atoms with van der Waals surface area (Å²) in [6.45, 7) is 7.51. The second-order valence-electron chi connectivity index (χ2n) is 5.35. The number of hydrogen-bond acceptors (Lipinski definition) is 3. The van der Waals surface area contributed by atoms with Crippen LogP contribution < -0.4 is 5.32 Å². The van der Waals surface area contributed by atoms with Crippen LogP contribution in [0.4, 0.5) is 0 Å². The first kappa shape index (κ1) is 16.0. The second-order valence-corrected chi connectivity index (χ2v) is 5.35. The first-order chi connectivity index (χ1) is 9.04. The summed E-state index contributed by atoms with van der Waals surface area (Å²) in [5.41, 5.74) is -0.806. The number of carboxylic acids is 1. The van der Waals surface area contributed by atoms with Crippen LogP contribution in [0.2, 0.25) is 0 Å². The summed E-state index contributed by atoms with van der Waals surface area (Å²) in [7, 11) is 0. The Morgan fingerprint density at radius 1 is 1.21 bits per heavy atom. The third-order valence-corrected chi connectivity index (χ3v) is 4.16. The van der Waals surface area contributed by atoms with E-state index in [0.29, 0.717) is 19.4 Å². The van der Waals surface area contributed by atoms with E-state index in [0.717, 1.165) is 32.5 Å². The monoisotopic (exact) mass is 270 g/mol. The lowest BCUT2D eigenvalue weighted by Gasteiger charge is -2.23. The average Bonchev–Trinajstić information content (AvgIpc) is 2.84. The Balaban J connectivity index is 2.36. The maximum atomic E-state index is 11.9. The van der Waals surface area contributed by atoms with Crippen molar-refractivity contribution in [1.82, 2.24) is 10.2 Å². The molecule has 2 N–H and O–H groups in total. The molecule has 5 heteroatoms. The highest BCUT2D eigenvalue weighted by Gasteiger charge is 2.42. The summed E-state index contributed by atoms with van der Waals surface area (Å²) in [5.74, 6) is -0.944. The van der Waals surface area contributed by atoms with Crippen LogP contribution >= 0.6 is 0 Å². The topological polar surface area (TPSA) is 69.6 Å². The molecule has 1 aliphatic rings. The fraction of sp³-hybridized carbons (Fsp3) is 0.857. The van der Waals surface area contributed by atoms with E-state index in [1.165, 1.54) is 0 Å². The van der Waals surface area contributed by atoms with Crippen molar-refractivity contribution in [2.75, 3.05) is 26.2 Å². The second kappa shape index (κ2) is 7.48.